The molecule has 1 aliphatic heterocycles. The average Bonchev–Trinajstić information content (AvgIpc) is 3.19. The third kappa shape index (κ3) is 3.11. The van der Waals surface area contributed by atoms with Crippen molar-refractivity contribution in [3.05, 3.63) is 54.0 Å². The van der Waals surface area contributed by atoms with Crippen molar-refractivity contribution in [3.8, 4) is 5.75 Å². The van der Waals surface area contributed by atoms with Crippen molar-refractivity contribution in [3.63, 3.8) is 0 Å². The molecule has 0 saturated carbocycles. The van der Waals surface area contributed by atoms with Crippen LogP contribution >= 0.6 is 0 Å². The molecular weight excluding hydrogens is 368 g/mol. The van der Waals surface area contributed by atoms with Crippen LogP contribution in [0.3, 0.4) is 0 Å². The van der Waals surface area contributed by atoms with Gasteiger partial charge in [0.15, 0.2) is 0 Å². The Morgan fingerprint density at radius 1 is 1.14 bits per heavy atom. The molecule has 0 amide bonds. The highest BCUT2D eigenvalue weighted by atomic mass is 16.5. The number of fused-ring (bicyclic) bond motifs is 3. The maximum absolute atomic E-state index is 6.22. The molecule has 0 unspecified atom stereocenters. The second-order valence-electron chi connectivity index (χ2n) is 7.01. The monoisotopic (exact) mass is 390 g/mol. The molecule has 5 rings (SSSR count). The number of rotatable bonds is 4. The summed E-state index contributed by atoms with van der Waals surface area (Å²) in [5.41, 5.74) is 9.76. The third-order valence-electron chi connectivity index (χ3n) is 5.24. The maximum Gasteiger partial charge on any atom is 0.206 e. The highest BCUT2D eigenvalue weighted by Crippen LogP contribution is 2.29. The molecule has 1 aromatic carbocycles. The molecule has 0 radical (unpaired) electrons. The summed E-state index contributed by atoms with van der Waals surface area (Å²) in [6.45, 7) is 3.13. The van der Waals surface area contributed by atoms with Gasteiger partial charge in [0.05, 0.1) is 26.0 Å². The Morgan fingerprint density at radius 2 is 2.00 bits per heavy atom. The number of methoxy groups -OCH3 is 1. The van der Waals surface area contributed by atoms with Gasteiger partial charge < -0.3 is 20.1 Å². The molecule has 0 spiro atoms. The summed E-state index contributed by atoms with van der Waals surface area (Å²) in [4.78, 5) is 16.3. The lowest BCUT2D eigenvalue weighted by atomic mass is 10.1. The molecule has 148 valence electrons. The number of imidazole rings is 1. The predicted molar refractivity (Wildman–Crippen MR) is 112 cm³/mol. The Hall–Kier alpha value is -3.39. The second kappa shape index (κ2) is 7.21. The SMILES string of the molecule is COc1cccc2c1nc(N)n1cc(Cc3cccnc3N3CCOCC3)nc21. The number of nitrogen functional groups attached to an aromatic ring is 1. The normalized spacial score (nSPS) is 14.6. The van der Waals surface area contributed by atoms with Crippen LogP contribution in [0.5, 0.6) is 5.75 Å². The first kappa shape index (κ1) is 17.7. The zero-order valence-electron chi connectivity index (χ0n) is 16.2. The van der Waals surface area contributed by atoms with Gasteiger partial charge >= 0.3 is 0 Å². The number of ether oxygens (including phenoxy) is 2. The van der Waals surface area contributed by atoms with Gasteiger partial charge in [-0.2, -0.15) is 0 Å². The number of para-hydroxylation sites is 1. The van der Waals surface area contributed by atoms with E-state index in [1.165, 1.54) is 0 Å². The Bertz CT molecular complexity index is 1180. The Kier molecular flexibility index (Phi) is 4.40. The van der Waals surface area contributed by atoms with Gasteiger partial charge in [-0.25, -0.2) is 15.0 Å². The number of hydrogen-bond acceptors (Lipinski definition) is 7. The Labute approximate surface area is 167 Å². The second-order valence-corrected chi connectivity index (χ2v) is 7.01. The molecule has 8 nitrogen and oxygen atoms in total. The van der Waals surface area contributed by atoms with E-state index in [0.29, 0.717) is 23.6 Å². The van der Waals surface area contributed by atoms with E-state index in [-0.39, 0.29) is 0 Å². The van der Waals surface area contributed by atoms with Crippen LogP contribution in [-0.4, -0.2) is 52.8 Å². The van der Waals surface area contributed by atoms with Crippen molar-refractivity contribution in [2.75, 3.05) is 44.0 Å². The fraction of sp³-hybridized carbons (Fsp3) is 0.286. The molecule has 1 fully saturated rings. The van der Waals surface area contributed by atoms with Crippen molar-refractivity contribution in [1.29, 1.82) is 0 Å². The van der Waals surface area contributed by atoms with Gasteiger partial charge in [0.2, 0.25) is 5.95 Å². The van der Waals surface area contributed by atoms with E-state index in [1.807, 2.05) is 41.1 Å². The van der Waals surface area contributed by atoms with Crippen molar-refractivity contribution in [2.24, 2.45) is 0 Å². The molecule has 0 aliphatic carbocycles. The van der Waals surface area contributed by atoms with E-state index in [2.05, 4.69) is 20.9 Å². The zero-order valence-corrected chi connectivity index (χ0v) is 16.2. The molecule has 1 aliphatic rings. The topological polar surface area (TPSA) is 90.8 Å². The van der Waals surface area contributed by atoms with Crippen LogP contribution in [-0.2, 0) is 11.2 Å². The number of anilines is 2. The average molecular weight is 390 g/mol. The van der Waals surface area contributed by atoms with Gasteiger partial charge in [-0.3, -0.25) is 4.40 Å². The van der Waals surface area contributed by atoms with E-state index in [4.69, 9.17) is 20.2 Å². The van der Waals surface area contributed by atoms with Crippen molar-refractivity contribution < 1.29 is 9.47 Å². The number of nitrogens with zero attached hydrogens (tertiary/aromatic N) is 5. The zero-order chi connectivity index (χ0) is 19.8. The summed E-state index contributed by atoms with van der Waals surface area (Å²) in [5, 5.41) is 0.907. The highest BCUT2D eigenvalue weighted by molar-refractivity contribution is 5.96. The van der Waals surface area contributed by atoms with Crippen LogP contribution in [0.2, 0.25) is 0 Å². The molecule has 2 N–H and O–H groups in total. The van der Waals surface area contributed by atoms with Gasteiger partial charge in [0, 0.05) is 42.9 Å². The van der Waals surface area contributed by atoms with Crippen molar-refractivity contribution in [1.82, 2.24) is 19.4 Å². The van der Waals surface area contributed by atoms with E-state index in [0.717, 1.165) is 54.4 Å². The quantitative estimate of drug-likeness (QED) is 0.572. The summed E-state index contributed by atoms with van der Waals surface area (Å²) < 4.78 is 12.7. The first-order chi connectivity index (χ1) is 14.2. The van der Waals surface area contributed by atoms with E-state index in [1.54, 1.807) is 7.11 Å². The fourth-order valence-electron chi connectivity index (χ4n) is 3.85. The molecule has 0 bridgehead atoms. The minimum Gasteiger partial charge on any atom is -0.494 e. The molecule has 3 aromatic heterocycles. The fourth-order valence-corrected chi connectivity index (χ4v) is 3.85. The lowest BCUT2D eigenvalue weighted by Gasteiger charge is -2.29. The number of benzene rings is 1. The summed E-state index contributed by atoms with van der Waals surface area (Å²) in [6.07, 6.45) is 4.44. The maximum atomic E-state index is 6.22. The molecule has 1 saturated heterocycles. The lowest BCUT2D eigenvalue weighted by molar-refractivity contribution is 0.122. The van der Waals surface area contributed by atoms with Gasteiger partial charge in [0.1, 0.15) is 22.7 Å². The van der Waals surface area contributed by atoms with Gasteiger partial charge in [-0.15, -0.1) is 0 Å². The molecular formula is C21H22N6O2. The van der Waals surface area contributed by atoms with Crippen molar-refractivity contribution in [2.45, 2.75) is 6.42 Å². The number of pyridine rings is 1. The van der Waals surface area contributed by atoms with Crippen LogP contribution in [0, 0.1) is 0 Å². The van der Waals surface area contributed by atoms with E-state index < -0.39 is 0 Å². The minimum atomic E-state index is 0.385. The van der Waals surface area contributed by atoms with Gasteiger partial charge in [0.25, 0.3) is 0 Å². The molecule has 4 heterocycles. The van der Waals surface area contributed by atoms with Crippen molar-refractivity contribution >= 4 is 28.3 Å². The third-order valence-corrected chi connectivity index (χ3v) is 5.24. The first-order valence-corrected chi connectivity index (χ1v) is 9.61. The number of nitrogens with two attached hydrogens (primary N) is 1. The van der Waals surface area contributed by atoms with Crippen LogP contribution in [0.25, 0.3) is 16.6 Å². The number of hydrogen-bond donors (Lipinski definition) is 1. The molecule has 29 heavy (non-hydrogen) atoms. The number of morpholine rings is 1. The van der Waals surface area contributed by atoms with Gasteiger partial charge in [-0.05, 0) is 18.2 Å². The summed E-state index contributed by atoms with van der Waals surface area (Å²) in [7, 11) is 1.63. The molecule has 0 atom stereocenters. The van der Waals surface area contributed by atoms with Crippen LogP contribution in [0.4, 0.5) is 11.8 Å². The van der Waals surface area contributed by atoms with E-state index in [9.17, 15) is 0 Å². The lowest BCUT2D eigenvalue weighted by Crippen LogP contribution is -2.37. The van der Waals surface area contributed by atoms with Gasteiger partial charge in [-0.1, -0.05) is 12.1 Å². The smallest absolute Gasteiger partial charge is 0.206 e. The van der Waals surface area contributed by atoms with Crippen LogP contribution in [0.15, 0.2) is 42.7 Å². The highest BCUT2D eigenvalue weighted by Gasteiger charge is 2.18. The van der Waals surface area contributed by atoms with Crippen LogP contribution < -0.4 is 15.4 Å². The Balaban J connectivity index is 1.57. The molecule has 8 heteroatoms. The summed E-state index contributed by atoms with van der Waals surface area (Å²) in [5.74, 6) is 2.06. The molecule has 4 aromatic rings. The summed E-state index contributed by atoms with van der Waals surface area (Å²) >= 11 is 0. The predicted octanol–water partition coefficient (Wildman–Crippen LogP) is 2.30. The first-order valence-electron chi connectivity index (χ1n) is 9.61. The Morgan fingerprint density at radius 3 is 2.83 bits per heavy atom. The standard InChI is InChI=1S/C21H22N6O2/c1-28-17-6-2-5-16-18(17)25-21(22)27-13-15(24-20(16)27)12-14-4-3-7-23-19(14)26-8-10-29-11-9-26/h2-7,13H,8-12H2,1H3,(H2,22,25). The van der Waals surface area contributed by atoms with Crippen LogP contribution in [0.1, 0.15) is 11.3 Å². The van der Waals surface area contributed by atoms with E-state index >= 15 is 0 Å². The number of aromatic nitrogens is 4. The minimum absolute atomic E-state index is 0.385. The largest absolute Gasteiger partial charge is 0.494 e. The summed E-state index contributed by atoms with van der Waals surface area (Å²) in [6, 6.07) is 9.86.